The number of likely N-dealkylation sites (tertiary alicyclic amines) is 1. The Morgan fingerprint density at radius 3 is 2.61 bits per heavy atom. The molecule has 2 bridgehead atoms. The predicted octanol–water partition coefficient (Wildman–Crippen LogP) is 3.84. The highest BCUT2D eigenvalue weighted by Gasteiger charge is 2.36. The van der Waals surface area contributed by atoms with Crippen molar-refractivity contribution in [1.82, 2.24) is 10.2 Å². The van der Waals surface area contributed by atoms with Gasteiger partial charge in [0.1, 0.15) is 11.3 Å². The van der Waals surface area contributed by atoms with Crippen molar-refractivity contribution in [2.75, 3.05) is 13.1 Å². The van der Waals surface area contributed by atoms with Gasteiger partial charge in [0.05, 0.1) is 0 Å². The molecule has 1 aromatic heterocycles. The Hall–Kier alpha value is -2.83. The van der Waals surface area contributed by atoms with E-state index in [0.717, 1.165) is 36.9 Å². The maximum absolute atomic E-state index is 12.9. The number of nitrogens with zero attached hydrogens (tertiary/aromatic N) is 1. The molecule has 2 unspecified atom stereocenters. The highest BCUT2D eigenvalue weighted by molar-refractivity contribution is 6.33. The lowest BCUT2D eigenvalue weighted by Crippen LogP contribution is -2.55. The number of ether oxygens (including phenoxy) is 1. The van der Waals surface area contributed by atoms with E-state index >= 15 is 0 Å². The van der Waals surface area contributed by atoms with Gasteiger partial charge in [-0.1, -0.05) is 29.8 Å². The first-order valence-corrected chi connectivity index (χ1v) is 10.9. The molecule has 3 aromatic rings. The molecule has 2 saturated heterocycles. The second kappa shape index (κ2) is 8.02. The van der Waals surface area contributed by atoms with E-state index in [0.29, 0.717) is 34.0 Å². The van der Waals surface area contributed by atoms with Gasteiger partial charge >= 0.3 is 5.63 Å². The zero-order valence-electron chi connectivity index (χ0n) is 17.1. The minimum absolute atomic E-state index is 0.0234. The molecule has 2 aliphatic rings. The Labute approximate surface area is 184 Å². The molecular weight excluding hydrogens is 416 g/mol. The van der Waals surface area contributed by atoms with Crippen LogP contribution in [0.2, 0.25) is 5.02 Å². The summed E-state index contributed by atoms with van der Waals surface area (Å²) in [6.45, 7) is 3.19. The summed E-state index contributed by atoms with van der Waals surface area (Å²) < 4.78 is 11.4. The average Bonchev–Trinajstić information content (AvgIpc) is 3.10. The number of nitrogens with one attached hydrogen (secondary N) is 1. The van der Waals surface area contributed by atoms with E-state index in [4.69, 9.17) is 20.8 Å². The van der Waals surface area contributed by atoms with Crippen LogP contribution in [0.5, 0.6) is 5.75 Å². The van der Waals surface area contributed by atoms with Crippen LogP contribution in [0, 0.1) is 0 Å². The minimum atomic E-state index is -0.631. The molecule has 1 N–H and O–H groups in total. The first kappa shape index (κ1) is 20.1. The summed E-state index contributed by atoms with van der Waals surface area (Å²) in [5.74, 6) is 0.454. The summed E-state index contributed by atoms with van der Waals surface area (Å²) in [6, 6.07) is 14.8. The van der Waals surface area contributed by atoms with Crippen LogP contribution in [0.4, 0.5) is 0 Å². The van der Waals surface area contributed by atoms with Crippen molar-refractivity contribution in [3.63, 3.8) is 0 Å². The van der Waals surface area contributed by atoms with Crippen molar-refractivity contribution in [1.29, 1.82) is 0 Å². The summed E-state index contributed by atoms with van der Waals surface area (Å²) in [7, 11) is 0. The number of rotatable bonds is 4. The number of hydrogen-bond acceptors (Lipinski definition) is 5. The fourth-order valence-corrected chi connectivity index (χ4v) is 4.84. The van der Waals surface area contributed by atoms with Gasteiger partial charge in [0.2, 0.25) is 0 Å². The smallest absolute Gasteiger partial charge is 0.336 e. The lowest BCUT2D eigenvalue weighted by molar-refractivity contribution is -0.139. The third-order valence-electron chi connectivity index (χ3n) is 6.07. The van der Waals surface area contributed by atoms with Crippen LogP contribution >= 0.6 is 11.6 Å². The quantitative estimate of drug-likeness (QED) is 0.626. The Bertz CT molecular complexity index is 1200. The second-order valence-corrected chi connectivity index (χ2v) is 8.67. The Balaban J connectivity index is 1.40. The SMILES string of the molecule is C[C@@H](Oc1ccc2c(-c3ccccc3Cl)cc(=O)oc2c1)C(=O)N1CC2CCC(C1)N2. The van der Waals surface area contributed by atoms with Crippen LogP contribution in [0.15, 0.2) is 57.7 Å². The Morgan fingerprint density at radius 2 is 1.87 bits per heavy atom. The van der Waals surface area contributed by atoms with Gasteiger partial charge in [-0.2, -0.15) is 0 Å². The summed E-state index contributed by atoms with van der Waals surface area (Å²) in [4.78, 5) is 27.0. The highest BCUT2D eigenvalue weighted by atomic mass is 35.5. The number of benzene rings is 2. The Kier molecular flexibility index (Phi) is 5.20. The molecule has 2 aliphatic heterocycles. The van der Waals surface area contributed by atoms with Crippen LogP contribution in [-0.2, 0) is 4.79 Å². The van der Waals surface area contributed by atoms with E-state index in [-0.39, 0.29) is 5.91 Å². The third kappa shape index (κ3) is 3.93. The van der Waals surface area contributed by atoms with E-state index in [1.165, 1.54) is 6.07 Å². The molecule has 5 rings (SSSR count). The van der Waals surface area contributed by atoms with Crippen LogP contribution in [-0.4, -0.2) is 42.1 Å². The van der Waals surface area contributed by atoms with E-state index in [1.54, 1.807) is 25.1 Å². The van der Waals surface area contributed by atoms with Crippen molar-refractivity contribution in [3.8, 4) is 16.9 Å². The third-order valence-corrected chi connectivity index (χ3v) is 6.40. The van der Waals surface area contributed by atoms with Crippen molar-refractivity contribution in [3.05, 3.63) is 64.0 Å². The molecule has 3 atom stereocenters. The van der Waals surface area contributed by atoms with Gasteiger partial charge < -0.3 is 19.4 Å². The number of carbonyl (C=O) groups excluding carboxylic acids is 1. The topological polar surface area (TPSA) is 71.8 Å². The van der Waals surface area contributed by atoms with E-state index in [9.17, 15) is 9.59 Å². The molecule has 0 aliphatic carbocycles. The molecular formula is C24H23ClN2O4. The van der Waals surface area contributed by atoms with E-state index < -0.39 is 11.7 Å². The van der Waals surface area contributed by atoms with Crippen LogP contribution in [0.1, 0.15) is 19.8 Å². The van der Waals surface area contributed by atoms with Crippen LogP contribution in [0.25, 0.3) is 22.1 Å². The summed E-state index contributed by atoms with van der Waals surface area (Å²) in [5.41, 5.74) is 1.37. The zero-order chi connectivity index (χ0) is 21.5. The number of amides is 1. The summed E-state index contributed by atoms with van der Waals surface area (Å²) >= 11 is 6.34. The predicted molar refractivity (Wildman–Crippen MR) is 120 cm³/mol. The lowest BCUT2D eigenvalue weighted by Gasteiger charge is -2.34. The largest absolute Gasteiger partial charge is 0.481 e. The van der Waals surface area contributed by atoms with Crippen LogP contribution in [0.3, 0.4) is 0 Å². The monoisotopic (exact) mass is 438 g/mol. The fraction of sp³-hybridized carbons (Fsp3) is 0.333. The summed E-state index contributed by atoms with van der Waals surface area (Å²) in [5, 5.41) is 4.83. The van der Waals surface area contributed by atoms with Gasteiger partial charge in [-0.3, -0.25) is 4.79 Å². The molecule has 160 valence electrons. The van der Waals surface area contributed by atoms with Crippen molar-refractivity contribution < 1.29 is 13.9 Å². The molecule has 0 spiro atoms. The molecule has 7 heteroatoms. The molecule has 0 saturated carbocycles. The van der Waals surface area contributed by atoms with E-state index in [2.05, 4.69) is 5.32 Å². The molecule has 1 amide bonds. The molecule has 0 radical (unpaired) electrons. The molecule has 2 aromatic carbocycles. The number of carbonyl (C=O) groups is 1. The first-order valence-electron chi connectivity index (χ1n) is 10.5. The first-order chi connectivity index (χ1) is 15.0. The van der Waals surface area contributed by atoms with Gasteiger partial charge in [0, 0.05) is 58.8 Å². The second-order valence-electron chi connectivity index (χ2n) is 8.26. The number of hydrogen-bond donors (Lipinski definition) is 1. The molecule has 3 heterocycles. The molecule has 6 nitrogen and oxygen atoms in total. The fourth-order valence-electron chi connectivity index (χ4n) is 4.61. The van der Waals surface area contributed by atoms with Gasteiger partial charge in [0.15, 0.2) is 6.10 Å². The normalized spacial score (nSPS) is 21.3. The highest BCUT2D eigenvalue weighted by Crippen LogP contribution is 2.34. The van der Waals surface area contributed by atoms with Crippen molar-refractivity contribution in [2.24, 2.45) is 0 Å². The number of piperazine rings is 1. The summed E-state index contributed by atoms with van der Waals surface area (Å²) in [6.07, 6.45) is 1.59. The molecule has 31 heavy (non-hydrogen) atoms. The minimum Gasteiger partial charge on any atom is -0.481 e. The maximum atomic E-state index is 12.9. The maximum Gasteiger partial charge on any atom is 0.336 e. The standard InChI is InChI=1S/C24H23ClN2O4/c1-14(24(29)27-12-15-6-7-16(13-27)26-15)30-17-8-9-19-20(11-23(28)31-22(19)10-17)18-4-2-3-5-21(18)25/h2-5,8-11,14-16,26H,6-7,12-13H2,1H3/t14-,15?,16?/m1/s1. The zero-order valence-corrected chi connectivity index (χ0v) is 17.9. The average molecular weight is 439 g/mol. The van der Waals surface area contributed by atoms with E-state index in [1.807, 2.05) is 29.2 Å². The van der Waals surface area contributed by atoms with Gasteiger partial charge in [-0.05, 0) is 38.0 Å². The van der Waals surface area contributed by atoms with Gasteiger partial charge in [-0.25, -0.2) is 4.79 Å². The van der Waals surface area contributed by atoms with Crippen molar-refractivity contribution >= 4 is 28.5 Å². The number of fused-ring (bicyclic) bond motifs is 3. The van der Waals surface area contributed by atoms with Gasteiger partial charge in [0.25, 0.3) is 5.91 Å². The lowest BCUT2D eigenvalue weighted by atomic mass is 10.0. The van der Waals surface area contributed by atoms with Gasteiger partial charge in [-0.15, -0.1) is 0 Å². The Morgan fingerprint density at radius 1 is 1.13 bits per heavy atom. The molecule has 2 fully saturated rings. The van der Waals surface area contributed by atoms with Crippen molar-refractivity contribution in [2.45, 2.75) is 38.0 Å². The van der Waals surface area contributed by atoms with Crippen LogP contribution < -0.4 is 15.7 Å². The number of halogens is 1.